The maximum Gasteiger partial charge on any atom is 0.339 e. The molecule has 0 saturated carbocycles. The lowest BCUT2D eigenvalue weighted by atomic mass is 10.2. The number of amides is 1. The lowest BCUT2D eigenvalue weighted by Gasteiger charge is -2.14. The van der Waals surface area contributed by atoms with E-state index in [1.54, 1.807) is 26.0 Å². The number of benzene rings is 2. The number of para-hydroxylation sites is 1. The number of rotatable bonds is 7. The Morgan fingerprint density at radius 2 is 1.81 bits per heavy atom. The van der Waals surface area contributed by atoms with Gasteiger partial charge in [0, 0.05) is 0 Å². The van der Waals surface area contributed by atoms with E-state index in [2.05, 4.69) is 10.5 Å². The summed E-state index contributed by atoms with van der Waals surface area (Å²) in [7, 11) is 0. The summed E-state index contributed by atoms with van der Waals surface area (Å²) in [5, 5.41) is 5.94. The molecule has 162 valence electrons. The monoisotopic (exact) mass is 430 g/mol. The van der Waals surface area contributed by atoms with Crippen LogP contribution < -0.4 is 10.1 Å². The molecule has 0 spiro atoms. The molecule has 1 heterocycles. The van der Waals surface area contributed by atoms with Gasteiger partial charge >= 0.3 is 5.97 Å². The van der Waals surface area contributed by atoms with Crippen molar-refractivity contribution in [2.24, 2.45) is 0 Å². The summed E-state index contributed by atoms with van der Waals surface area (Å²) in [6, 6.07) is 9.39. The normalized spacial score (nSPS) is 11.6. The number of esters is 1. The van der Waals surface area contributed by atoms with Gasteiger partial charge in [0.2, 0.25) is 0 Å². The molecule has 31 heavy (non-hydrogen) atoms. The van der Waals surface area contributed by atoms with Crippen molar-refractivity contribution < 1.29 is 32.4 Å². The first-order chi connectivity index (χ1) is 14.8. The predicted molar refractivity (Wildman–Crippen MR) is 107 cm³/mol. The molecule has 3 aromatic rings. The summed E-state index contributed by atoms with van der Waals surface area (Å²) < 4.78 is 43.3. The number of aryl methyl sites for hydroxylation is 2. The molecule has 0 bridgehead atoms. The summed E-state index contributed by atoms with van der Waals surface area (Å²) in [6.07, 6.45) is -1.29. The van der Waals surface area contributed by atoms with E-state index in [0.29, 0.717) is 17.2 Å². The molecule has 1 aromatic heterocycles. The van der Waals surface area contributed by atoms with Crippen molar-refractivity contribution in [1.29, 1.82) is 0 Å². The Morgan fingerprint density at radius 1 is 1.13 bits per heavy atom. The number of hydrogen-bond acceptors (Lipinski definition) is 6. The summed E-state index contributed by atoms with van der Waals surface area (Å²) >= 11 is 0. The third-order valence-corrected chi connectivity index (χ3v) is 4.50. The molecule has 0 aliphatic rings. The molecule has 7 nitrogen and oxygen atoms in total. The van der Waals surface area contributed by atoms with Crippen molar-refractivity contribution in [1.82, 2.24) is 5.16 Å². The first-order valence-corrected chi connectivity index (χ1v) is 9.36. The Balaban J connectivity index is 1.62. The van der Waals surface area contributed by atoms with E-state index in [4.69, 9.17) is 14.0 Å². The van der Waals surface area contributed by atoms with E-state index in [-0.39, 0.29) is 12.2 Å². The first kappa shape index (κ1) is 21.9. The van der Waals surface area contributed by atoms with Gasteiger partial charge in [0.15, 0.2) is 6.10 Å². The molecule has 1 atom stereocenters. The number of nitrogens with zero attached hydrogens (tertiary/aromatic N) is 1. The van der Waals surface area contributed by atoms with E-state index in [1.165, 1.54) is 25.1 Å². The minimum Gasteiger partial charge on any atom is -0.489 e. The molecule has 1 N–H and O–H groups in total. The van der Waals surface area contributed by atoms with Crippen LogP contribution in [0.3, 0.4) is 0 Å². The van der Waals surface area contributed by atoms with Gasteiger partial charge in [0.25, 0.3) is 5.91 Å². The van der Waals surface area contributed by atoms with Gasteiger partial charge in [0.1, 0.15) is 35.4 Å². The largest absolute Gasteiger partial charge is 0.489 e. The van der Waals surface area contributed by atoms with Gasteiger partial charge < -0.3 is 19.3 Å². The highest BCUT2D eigenvalue weighted by molar-refractivity contribution is 5.97. The van der Waals surface area contributed by atoms with Crippen molar-refractivity contribution in [3.63, 3.8) is 0 Å². The zero-order chi connectivity index (χ0) is 22.5. The van der Waals surface area contributed by atoms with Crippen LogP contribution in [0.1, 0.15) is 34.3 Å². The highest BCUT2D eigenvalue weighted by Crippen LogP contribution is 2.20. The Hall–Kier alpha value is -3.75. The van der Waals surface area contributed by atoms with Crippen LogP contribution in [0.4, 0.5) is 14.5 Å². The minimum atomic E-state index is -1.29. The summed E-state index contributed by atoms with van der Waals surface area (Å²) in [5.74, 6) is -2.49. The second-order valence-corrected chi connectivity index (χ2v) is 6.75. The average Bonchev–Trinajstić information content (AvgIpc) is 3.06. The number of aromatic nitrogens is 1. The lowest BCUT2D eigenvalue weighted by molar-refractivity contribution is -0.123. The maximum atomic E-state index is 13.7. The Labute approximate surface area is 176 Å². The first-order valence-electron chi connectivity index (χ1n) is 9.36. The van der Waals surface area contributed by atoms with Gasteiger partial charge in [-0.25, -0.2) is 13.6 Å². The molecule has 0 saturated heterocycles. The summed E-state index contributed by atoms with van der Waals surface area (Å²) in [5.41, 5.74) is 1.05. The fourth-order valence-electron chi connectivity index (χ4n) is 2.70. The molecule has 0 radical (unpaired) electrons. The number of carbonyl (C=O) groups is 2. The number of hydrogen-bond donors (Lipinski definition) is 1. The molecule has 1 amide bonds. The van der Waals surface area contributed by atoms with E-state index in [0.717, 1.165) is 17.7 Å². The van der Waals surface area contributed by atoms with Gasteiger partial charge in [-0.15, -0.1) is 0 Å². The molecule has 0 aliphatic carbocycles. The zero-order valence-corrected chi connectivity index (χ0v) is 17.1. The molecule has 3 rings (SSSR count). The van der Waals surface area contributed by atoms with Crippen LogP contribution in [0.25, 0.3) is 0 Å². The minimum absolute atomic E-state index is 0.146. The van der Waals surface area contributed by atoms with Crippen LogP contribution in [-0.2, 0) is 16.1 Å². The molecular weight excluding hydrogens is 410 g/mol. The van der Waals surface area contributed by atoms with Crippen LogP contribution >= 0.6 is 0 Å². The number of ether oxygens (including phenoxy) is 2. The predicted octanol–water partition coefficient (Wildman–Crippen LogP) is 4.33. The van der Waals surface area contributed by atoms with Crippen molar-refractivity contribution in [2.45, 2.75) is 33.5 Å². The van der Waals surface area contributed by atoms with Crippen molar-refractivity contribution in [3.05, 3.63) is 76.7 Å². The van der Waals surface area contributed by atoms with E-state index >= 15 is 0 Å². The van der Waals surface area contributed by atoms with E-state index < -0.39 is 35.3 Å². The highest BCUT2D eigenvalue weighted by Gasteiger charge is 2.22. The quantitative estimate of drug-likeness (QED) is 0.561. The van der Waals surface area contributed by atoms with Gasteiger partial charge in [-0.1, -0.05) is 17.3 Å². The Morgan fingerprint density at radius 3 is 2.45 bits per heavy atom. The number of anilines is 1. The third kappa shape index (κ3) is 5.25. The van der Waals surface area contributed by atoms with Crippen molar-refractivity contribution in [2.75, 3.05) is 5.32 Å². The lowest BCUT2D eigenvalue weighted by Crippen LogP contribution is -2.30. The molecular formula is C22H20F2N2O5. The topological polar surface area (TPSA) is 90.7 Å². The van der Waals surface area contributed by atoms with Crippen molar-refractivity contribution in [3.8, 4) is 5.75 Å². The van der Waals surface area contributed by atoms with Crippen LogP contribution in [0, 0.1) is 25.5 Å². The fourth-order valence-corrected chi connectivity index (χ4v) is 2.70. The smallest absolute Gasteiger partial charge is 0.339 e. The molecule has 0 aliphatic heterocycles. The standard InChI is InChI=1S/C22H20F2N2O5/c1-12-17(13(2)31-26-12)11-29-16-7-4-6-15(10-16)22(28)30-14(3)21(27)25-20-18(23)8-5-9-19(20)24/h4-10,14H,11H2,1-3H3,(H,25,27). The van der Waals surface area contributed by atoms with Gasteiger partial charge in [0.05, 0.1) is 16.8 Å². The summed E-state index contributed by atoms with van der Waals surface area (Å²) in [4.78, 5) is 24.6. The van der Waals surface area contributed by atoms with E-state index in [9.17, 15) is 18.4 Å². The van der Waals surface area contributed by atoms with Crippen LogP contribution in [-0.4, -0.2) is 23.1 Å². The van der Waals surface area contributed by atoms with Gasteiger partial charge in [-0.2, -0.15) is 0 Å². The highest BCUT2D eigenvalue weighted by atomic mass is 19.1. The van der Waals surface area contributed by atoms with Crippen molar-refractivity contribution >= 4 is 17.6 Å². The van der Waals surface area contributed by atoms with Crippen LogP contribution in [0.2, 0.25) is 0 Å². The molecule has 1 unspecified atom stereocenters. The number of carbonyl (C=O) groups excluding carboxylic acids is 2. The second-order valence-electron chi connectivity index (χ2n) is 6.75. The molecule has 2 aromatic carbocycles. The SMILES string of the molecule is Cc1noc(C)c1COc1cccc(C(=O)OC(C)C(=O)Nc2c(F)cccc2F)c1. The Kier molecular flexibility index (Phi) is 6.64. The fraction of sp³-hybridized carbons (Fsp3) is 0.227. The van der Waals surface area contributed by atoms with Crippen LogP contribution in [0.5, 0.6) is 5.75 Å². The number of halogens is 2. The number of nitrogens with one attached hydrogen (secondary N) is 1. The molecule has 9 heteroatoms. The summed E-state index contributed by atoms with van der Waals surface area (Å²) in [6.45, 7) is 5.06. The second kappa shape index (κ2) is 9.38. The Bertz CT molecular complexity index is 1070. The average molecular weight is 430 g/mol. The van der Waals surface area contributed by atoms with Crippen LogP contribution in [0.15, 0.2) is 47.0 Å². The van der Waals surface area contributed by atoms with E-state index in [1.807, 2.05) is 0 Å². The maximum absolute atomic E-state index is 13.7. The third-order valence-electron chi connectivity index (χ3n) is 4.50. The molecule has 0 fully saturated rings. The van der Waals surface area contributed by atoms with Gasteiger partial charge in [-0.05, 0) is 51.1 Å². The zero-order valence-electron chi connectivity index (χ0n) is 17.1. The van der Waals surface area contributed by atoms with Gasteiger partial charge in [-0.3, -0.25) is 4.79 Å².